The van der Waals surface area contributed by atoms with Crippen LogP contribution in [0.25, 0.3) is 0 Å². The first-order valence-corrected chi connectivity index (χ1v) is 5.29. The SMILES string of the molecule is COC(CN)C(=O)NC1CCCC1OC. The number of carbonyl (C=O) groups excluding carboxylic acids is 1. The molecule has 0 bridgehead atoms. The Hall–Kier alpha value is -0.650. The summed E-state index contributed by atoms with van der Waals surface area (Å²) >= 11 is 0. The lowest BCUT2D eigenvalue weighted by Crippen LogP contribution is -2.48. The fraction of sp³-hybridized carbons (Fsp3) is 0.900. The molecule has 1 aliphatic carbocycles. The monoisotopic (exact) mass is 216 g/mol. The molecule has 3 N–H and O–H groups in total. The Bertz CT molecular complexity index is 207. The Labute approximate surface area is 90.3 Å². The van der Waals surface area contributed by atoms with Crippen LogP contribution < -0.4 is 11.1 Å². The summed E-state index contributed by atoms with van der Waals surface area (Å²) in [4.78, 5) is 11.7. The van der Waals surface area contributed by atoms with E-state index in [1.807, 2.05) is 0 Å². The highest BCUT2D eigenvalue weighted by molar-refractivity contribution is 5.81. The number of ether oxygens (including phenoxy) is 2. The molecule has 1 fully saturated rings. The molecule has 0 aromatic rings. The summed E-state index contributed by atoms with van der Waals surface area (Å²) in [7, 11) is 3.16. The van der Waals surface area contributed by atoms with Gasteiger partial charge in [-0.1, -0.05) is 0 Å². The molecule has 0 spiro atoms. The molecule has 1 amide bonds. The minimum atomic E-state index is -0.553. The fourth-order valence-electron chi connectivity index (χ4n) is 1.96. The highest BCUT2D eigenvalue weighted by Gasteiger charge is 2.30. The maximum atomic E-state index is 11.7. The van der Waals surface area contributed by atoms with Gasteiger partial charge in [-0.05, 0) is 19.3 Å². The standard InChI is InChI=1S/C10H20N2O3/c1-14-8-5-3-4-7(8)12-10(13)9(6-11)15-2/h7-9H,3-6,11H2,1-2H3,(H,12,13). The first-order chi connectivity index (χ1) is 7.22. The van der Waals surface area contributed by atoms with Crippen molar-refractivity contribution in [1.82, 2.24) is 5.32 Å². The Kier molecular flexibility index (Phi) is 5.01. The van der Waals surface area contributed by atoms with Gasteiger partial charge in [0.25, 0.3) is 5.91 Å². The maximum absolute atomic E-state index is 11.7. The van der Waals surface area contributed by atoms with Gasteiger partial charge in [0.1, 0.15) is 6.10 Å². The molecule has 0 saturated heterocycles. The molecule has 0 aromatic carbocycles. The summed E-state index contributed by atoms with van der Waals surface area (Å²) < 4.78 is 10.2. The fourth-order valence-corrected chi connectivity index (χ4v) is 1.96. The molecule has 5 nitrogen and oxygen atoms in total. The Balaban J connectivity index is 2.42. The van der Waals surface area contributed by atoms with Gasteiger partial charge in [0.2, 0.25) is 0 Å². The van der Waals surface area contributed by atoms with E-state index in [1.165, 1.54) is 7.11 Å². The maximum Gasteiger partial charge on any atom is 0.250 e. The zero-order valence-electron chi connectivity index (χ0n) is 9.36. The van der Waals surface area contributed by atoms with Gasteiger partial charge in [0, 0.05) is 20.8 Å². The van der Waals surface area contributed by atoms with Crippen LogP contribution in [0.15, 0.2) is 0 Å². The summed E-state index contributed by atoms with van der Waals surface area (Å²) in [5, 5.41) is 2.91. The van der Waals surface area contributed by atoms with Crippen molar-refractivity contribution in [2.45, 2.75) is 37.5 Å². The van der Waals surface area contributed by atoms with Crippen LogP contribution in [0.3, 0.4) is 0 Å². The first kappa shape index (κ1) is 12.4. The van der Waals surface area contributed by atoms with Crippen LogP contribution in [-0.2, 0) is 14.3 Å². The van der Waals surface area contributed by atoms with Crippen molar-refractivity contribution in [3.63, 3.8) is 0 Å². The molecule has 15 heavy (non-hydrogen) atoms. The van der Waals surface area contributed by atoms with Crippen LogP contribution in [0.1, 0.15) is 19.3 Å². The van der Waals surface area contributed by atoms with Crippen LogP contribution >= 0.6 is 0 Å². The molecule has 5 heteroatoms. The third-order valence-electron chi connectivity index (χ3n) is 2.87. The lowest BCUT2D eigenvalue weighted by Gasteiger charge is -2.22. The second-order valence-corrected chi connectivity index (χ2v) is 3.78. The van der Waals surface area contributed by atoms with E-state index >= 15 is 0 Å². The number of hydrogen-bond acceptors (Lipinski definition) is 4. The smallest absolute Gasteiger partial charge is 0.250 e. The number of nitrogens with one attached hydrogen (secondary N) is 1. The van der Waals surface area contributed by atoms with Gasteiger partial charge < -0.3 is 20.5 Å². The minimum absolute atomic E-state index is 0.103. The van der Waals surface area contributed by atoms with Crippen molar-refractivity contribution in [1.29, 1.82) is 0 Å². The quantitative estimate of drug-likeness (QED) is 0.658. The third kappa shape index (κ3) is 3.15. The van der Waals surface area contributed by atoms with E-state index in [4.69, 9.17) is 15.2 Å². The number of methoxy groups -OCH3 is 2. The van der Waals surface area contributed by atoms with Gasteiger partial charge >= 0.3 is 0 Å². The minimum Gasteiger partial charge on any atom is -0.379 e. The van der Waals surface area contributed by atoms with E-state index in [-0.39, 0.29) is 24.6 Å². The largest absolute Gasteiger partial charge is 0.379 e. The average Bonchev–Trinajstić information content (AvgIpc) is 2.67. The van der Waals surface area contributed by atoms with E-state index in [1.54, 1.807) is 7.11 Å². The lowest BCUT2D eigenvalue weighted by molar-refractivity contribution is -0.132. The topological polar surface area (TPSA) is 73.6 Å². The van der Waals surface area contributed by atoms with Gasteiger partial charge in [0.15, 0.2) is 0 Å². The van der Waals surface area contributed by atoms with Gasteiger partial charge in [-0.3, -0.25) is 4.79 Å². The zero-order valence-corrected chi connectivity index (χ0v) is 9.36. The van der Waals surface area contributed by atoms with E-state index in [0.29, 0.717) is 0 Å². The van der Waals surface area contributed by atoms with Crippen LogP contribution in [-0.4, -0.2) is 44.9 Å². The van der Waals surface area contributed by atoms with E-state index in [2.05, 4.69) is 5.32 Å². The number of nitrogens with two attached hydrogens (primary N) is 1. The predicted octanol–water partition coefficient (Wildman–Crippen LogP) is -0.356. The summed E-state index contributed by atoms with van der Waals surface area (Å²) in [6, 6.07) is 0.103. The van der Waals surface area contributed by atoms with Gasteiger partial charge in [0.05, 0.1) is 12.1 Å². The van der Waals surface area contributed by atoms with Crippen molar-refractivity contribution in [2.24, 2.45) is 5.73 Å². The molecule has 0 radical (unpaired) electrons. The number of amides is 1. The zero-order chi connectivity index (χ0) is 11.3. The van der Waals surface area contributed by atoms with Crippen molar-refractivity contribution in [3.8, 4) is 0 Å². The Morgan fingerprint density at radius 1 is 1.53 bits per heavy atom. The van der Waals surface area contributed by atoms with Crippen LogP contribution in [0.5, 0.6) is 0 Å². The predicted molar refractivity (Wildman–Crippen MR) is 56.4 cm³/mol. The molecule has 1 rings (SSSR count). The molecule has 3 unspecified atom stereocenters. The molecule has 0 heterocycles. The van der Waals surface area contributed by atoms with Crippen molar-refractivity contribution in [2.75, 3.05) is 20.8 Å². The Morgan fingerprint density at radius 2 is 2.27 bits per heavy atom. The summed E-state index contributed by atoms with van der Waals surface area (Å²) in [6.07, 6.45) is 2.63. The lowest BCUT2D eigenvalue weighted by atomic mass is 10.2. The number of hydrogen-bond donors (Lipinski definition) is 2. The van der Waals surface area contributed by atoms with Gasteiger partial charge in [-0.2, -0.15) is 0 Å². The Morgan fingerprint density at radius 3 is 2.80 bits per heavy atom. The van der Waals surface area contributed by atoms with E-state index < -0.39 is 6.10 Å². The highest BCUT2D eigenvalue weighted by atomic mass is 16.5. The normalized spacial score (nSPS) is 27.7. The first-order valence-electron chi connectivity index (χ1n) is 5.29. The highest BCUT2D eigenvalue weighted by Crippen LogP contribution is 2.21. The summed E-state index contributed by atoms with van der Waals surface area (Å²) in [5.41, 5.74) is 5.41. The molecule has 1 aliphatic rings. The number of carbonyl (C=O) groups is 1. The van der Waals surface area contributed by atoms with Crippen molar-refractivity contribution in [3.05, 3.63) is 0 Å². The molecule has 88 valence electrons. The molecule has 1 saturated carbocycles. The average molecular weight is 216 g/mol. The van der Waals surface area contributed by atoms with Crippen molar-refractivity contribution >= 4 is 5.91 Å². The summed E-state index contributed by atoms with van der Waals surface area (Å²) in [6.45, 7) is 0.201. The van der Waals surface area contributed by atoms with E-state index in [9.17, 15) is 4.79 Å². The second-order valence-electron chi connectivity index (χ2n) is 3.78. The van der Waals surface area contributed by atoms with Gasteiger partial charge in [-0.15, -0.1) is 0 Å². The molecular formula is C10H20N2O3. The molecule has 3 atom stereocenters. The van der Waals surface area contributed by atoms with E-state index in [0.717, 1.165) is 19.3 Å². The van der Waals surface area contributed by atoms with Crippen molar-refractivity contribution < 1.29 is 14.3 Å². The second kappa shape index (κ2) is 6.05. The van der Waals surface area contributed by atoms with Crippen LogP contribution in [0, 0.1) is 0 Å². The third-order valence-corrected chi connectivity index (χ3v) is 2.87. The molecule has 0 aromatic heterocycles. The number of rotatable bonds is 5. The summed E-state index contributed by atoms with van der Waals surface area (Å²) in [5.74, 6) is -0.144. The van der Waals surface area contributed by atoms with Crippen LogP contribution in [0.4, 0.5) is 0 Å². The van der Waals surface area contributed by atoms with Crippen LogP contribution in [0.2, 0.25) is 0 Å². The molecule has 0 aliphatic heterocycles. The molecular weight excluding hydrogens is 196 g/mol. The van der Waals surface area contributed by atoms with Gasteiger partial charge in [-0.25, -0.2) is 0 Å².